The third kappa shape index (κ3) is 4.42. The molecule has 1 amide bonds. The van der Waals surface area contributed by atoms with Crippen LogP contribution in [0.5, 0.6) is 0 Å². The van der Waals surface area contributed by atoms with Crippen molar-refractivity contribution >= 4 is 48.5 Å². The Morgan fingerprint density at radius 3 is 2.55 bits per heavy atom. The number of amides is 1. The quantitative estimate of drug-likeness (QED) is 0.338. The molecule has 0 unspecified atom stereocenters. The average Bonchev–Trinajstić information content (AvgIpc) is 3.10. The van der Waals surface area contributed by atoms with Crippen molar-refractivity contribution in [3.05, 3.63) is 53.9 Å². The molecule has 4 aromatic rings. The van der Waals surface area contributed by atoms with Crippen molar-refractivity contribution in [2.75, 3.05) is 6.26 Å². The van der Waals surface area contributed by atoms with Gasteiger partial charge in [0.05, 0.1) is 17.2 Å². The van der Waals surface area contributed by atoms with Crippen LogP contribution in [0.4, 0.5) is 0 Å². The number of nitrogens with one attached hydrogen (secondary N) is 2. The predicted octanol–water partition coefficient (Wildman–Crippen LogP) is 4.01. The number of aromatic nitrogens is 2. The molecule has 4 rings (SSSR count). The van der Waals surface area contributed by atoms with Gasteiger partial charge in [0.25, 0.3) is 0 Å². The number of nitrogens with zero attached hydrogens (tertiary/aromatic N) is 1. The topological polar surface area (TPSA) is 82.9 Å². The van der Waals surface area contributed by atoms with Gasteiger partial charge in [-0.05, 0) is 49.3 Å². The number of carbonyl (C=O) groups excluding carboxylic acids is 1. The molecule has 0 aliphatic carbocycles. The van der Waals surface area contributed by atoms with Crippen LogP contribution in [0.1, 0.15) is 36.8 Å². The highest BCUT2D eigenvalue weighted by molar-refractivity contribution is 7.89. The van der Waals surface area contributed by atoms with E-state index in [-0.39, 0.29) is 6.42 Å². The zero-order valence-corrected chi connectivity index (χ0v) is 19.0. The first-order valence-corrected chi connectivity index (χ1v) is 12.5. The highest BCUT2D eigenvalue weighted by Crippen LogP contribution is 2.35. The molecule has 0 saturated heterocycles. The molecular formula is C24H28N3O3S+. The minimum absolute atomic E-state index is 0.228. The first kappa shape index (κ1) is 21.3. The summed E-state index contributed by atoms with van der Waals surface area (Å²) in [5, 5.41) is 5.07. The molecule has 6 nitrogen and oxygen atoms in total. The second-order valence-corrected chi connectivity index (χ2v) is 10.0. The lowest BCUT2D eigenvalue weighted by Crippen LogP contribution is -2.32. The van der Waals surface area contributed by atoms with Crippen molar-refractivity contribution in [1.29, 1.82) is 0 Å². The molecule has 0 saturated carbocycles. The minimum Gasteiger partial charge on any atom is -0.354 e. The molecule has 2 N–H and O–H groups in total. The van der Waals surface area contributed by atoms with Gasteiger partial charge in [-0.1, -0.05) is 18.2 Å². The third-order valence-corrected chi connectivity index (χ3v) is 6.50. The molecule has 162 valence electrons. The van der Waals surface area contributed by atoms with Crippen molar-refractivity contribution in [1.82, 2.24) is 9.71 Å². The second kappa shape index (κ2) is 8.30. The number of para-hydroxylation sites is 1. The van der Waals surface area contributed by atoms with E-state index in [9.17, 15) is 13.2 Å². The molecule has 0 spiro atoms. The van der Waals surface area contributed by atoms with Crippen LogP contribution in [-0.2, 0) is 21.4 Å². The van der Waals surface area contributed by atoms with Crippen molar-refractivity contribution in [3.63, 3.8) is 0 Å². The van der Waals surface area contributed by atoms with Gasteiger partial charge < -0.3 is 4.98 Å². The lowest BCUT2D eigenvalue weighted by Gasteiger charge is -2.08. The number of pyridine rings is 1. The zero-order chi connectivity index (χ0) is 22.2. The Balaban J connectivity index is 1.51. The highest BCUT2D eigenvalue weighted by Gasteiger charge is 2.16. The molecule has 2 aromatic carbocycles. The Morgan fingerprint density at radius 2 is 1.77 bits per heavy atom. The molecule has 0 radical (unpaired) electrons. The number of aromatic amines is 1. The van der Waals surface area contributed by atoms with Crippen LogP contribution >= 0.6 is 0 Å². The van der Waals surface area contributed by atoms with E-state index in [4.69, 9.17) is 0 Å². The molecule has 2 aromatic heterocycles. The Kier molecular flexibility index (Phi) is 5.71. The van der Waals surface area contributed by atoms with Crippen molar-refractivity contribution in [2.24, 2.45) is 0 Å². The number of hydrogen-bond donors (Lipinski definition) is 2. The average molecular weight is 439 g/mol. The fourth-order valence-electron chi connectivity index (χ4n) is 4.40. The van der Waals surface area contributed by atoms with Crippen LogP contribution < -0.4 is 9.29 Å². The Morgan fingerprint density at radius 1 is 1.00 bits per heavy atom. The van der Waals surface area contributed by atoms with E-state index >= 15 is 0 Å². The normalized spacial score (nSPS) is 12.1. The molecular weight excluding hydrogens is 410 g/mol. The molecule has 31 heavy (non-hydrogen) atoms. The van der Waals surface area contributed by atoms with Crippen LogP contribution in [-0.4, -0.2) is 25.6 Å². The van der Waals surface area contributed by atoms with Crippen molar-refractivity contribution in [3.8, 4) is 0 Å². The number of sulfonamides is 1. The monoisotopic (exact) mass is 438 g/mol. The summed E-state index contributed by atoms with van der Waals surface area (Å²) in [6.45, 7) is 5.22. The molecule has 0 aliphatic rings. The first-order chi connectivity index (χ1) is 14.7. The van der Waals surface area contributed by atoms with E-state index in [2.05, 4.69) is 66.1 Å². The molecule has 2 heterocycles. The minimum atomic E-state index is -3.47. The maximum Gasteiger partial charge on any atom is 0.233 e. The van der Waals surface area contributed by atoms with Crippen molar-refractivity contribution in [2.45, 2.75) is 46.1 Å². The van der Waals surface area contributed by atoms with E-state index < -0.39 is 15.9 Å². The summed E-state index contributed by atoms with van der Waals surface area (Å²) in [6, 6.07) is 10.6. The molecule has 0 fully saturated rings. The number of carbonyl (C=O) groups is 1. The first-order valence-electron chi connectivity index (χ1n) is 10.6. The van der Waals surface area contributed by atoms with E-state index in [1.165, 1.54) is 38.2 Å². The predicted molar refractivity (Wildman–Crippen MR) is 124 cm³/mol. The van der Waals surface area contributed by atoms with E-state index in [1.54, 1.807) is 0 Å². The van der Waals surface area contributed by atoms with Crippen LogP contribution in [0.15, 0.2) is 42.7 Å². The SMILES string of the molecule is Cc1c2c[n+](CCCCCC(=O)NS(C)(=O)=O)ccc2c(C)c2c1[nH]c1ccccc12. The van der Waals surface area contributed by atoms with Crippen LogP contribution in [0, 0.1) is 13.8 Å². The summed E-state index contributed by atoms with van der Waals surface area (Å²) in [4.78, 5) is 15.2. The third-order valence-electron chi connectivity index (χ3n) is 5.90. The Hall–Kier alpha value is -2.93. The van der Waals surface area contributed by atoms with Gasteiger partial charge in [-0.3, -0.25) is 9.52 Å². The van der Waals surface area contributed by atoms with Gasteiger partial charge >= 0.3 is 0 Å². The molecule has 7 heteroatoms. The highest BCUT2D eigenvalue weighted by atomic mass is 32.2. The number of fused-ring (bicyclic) bond motifs is 4. The van der Waals surface area contributed by atoms with E-state index in [1.807, 2.05) is 4.72 Å². The summed E-state index contributed by atoms with van der Waals surface area (Å²) in [6.07, 6.45) is 8.01. The summed E-state index contributed by atoms with van der Waals surface area (Å²) in [5.74, 6) is -0.436. The molecule has 0 aliphatic heterocycles. The van der Waals surface area contributed by atoms with Gasteiger partial charge in [0.2, 0.25) is 15.9 Å². The van der Waals surface area contributed by atoms with Gasteiger partial charge in [0, 0.05) is 35.2 Å². The van der Waals surface area contributed by atoms with E-state index in [0.717, 1.165) is 31.2 Å². The number of unbranched alkanes of at least 4 members (excludes halogenated alkanes) is 2. The maximum absolute atomic E-state index is 11.6. The lowest BCUT2D eigenvalue weighted by atomic mass is 9.97. The lowest BCUT2D eigenvalue weighted by molar-refractivity contribution is -0.696. The standard InChI is InChI=1S/C24H27N3O3S/c1-16-18-12-14-27(13-8-4-5-11-22(28)26-31(3,29)30)15-20(18)17(2)24-23(16)19-9-6-7-10-21(19)25-24/h6-7,9-10,12,14-15H,4-5,8,11,13H2,1-3H3,(H,26,28)/p+1. The van der Waals surface area contributed by atoms with Gasteiger partial charge in [-0.25, -0.2) is 13.0 Å². The molecule has 0 bridgehead atoms. The summed E-state index contributed by atoms with van der Waals surface area (Å²) in [7, 11) is -3.47. The van der Waals surface area contributed by atoms with Gasteiger partial charge in [0.15, 0.2) is 12.4 Å². The summed E-state index contributed by atoms with van der Waals surface area (Å²) >= 11 is 0. The van der Waals surface area contributed by atoms with Gasteiger partial charge in [0.1, 0.15) is 6.54 Å². The smallest absolute Gasteiger partial charge is 0.233 e. The van der Waals surface area contributed by atoms with Crippen LogP contribution in [0.25, 0.3) is 32.6 Å². The second-order valence-electron chi connectivity index (χ2n) is 8.29. The van der Waals surface area contributed by atoms with Gasteiger partial charge in [-0.2, -0.15) is 0 Å². The number of H-pyrrole nitrogens is 1. The number of aryl methyl sites for hydroxylation is 3. The van der Waals surface area contributed by atoms with E-state index in [0.29, 0.717) is 6.42 Å². The molecule has 0 atom stereocenters. The summed E-state index contributed by atoms with van der Waals surface area (Å²) < 4.78 is 26.3. The number of hydrogen-bond acceptors (Lipinski definition) is 3. The number of benzene rings is 2. The van der Waals surface area contributed by atoms with Crippen LogP contribution in [0.3, 0.4) is 0 Å². The number of rotatable bonds is 7. The van der Waals surface area contributed by atoms with Crippen molar-refractivity contribution < 1.29 is 17.8 Å². The fourth-order valence-corrected chi connectivity index (χ4v) is 4.92. The Labute approximate surface area is 182 Å². The van der Waals surface area contributed by atoms with Crippen LogP contribution in [0.2, 0.25) is 0 Å². The fraction of sp³-hybridized carbons (Fsp3) is 0.333. The zero-order valence-electron chi connectivity index (χ0n) is 18.2. The largest absolute Gasteiger partial charge is 0.354 e. The summed E-state index contributed by atoms with van der Waals surface area (Å²) in [5.41, 5.74) is 4.89. The van der Waals surface area contributed by atoms with Gasteiger partial charge in [-0.15, -0.1) is 0 Å². The maximum atomic E-state index is 11.6. The Bertz CT molecular complexity index is 1400.